The van der Waals surface area contributed by atoms with Crippen LogP contribution in [0.15, 0.2) is 18.2 Å². The van der Waals surface area contributed by atoms with Gasteiger partial charge >= 0.3 is 5.97 Å². The van der Waals surface area contributed by atoms with Crippen LogP contribution < -0.4 is 5.32 Å². The van der Waals surface area contributed by atoms with Crippen molar-refractivity contribution in [1.29, 1.82) is 0 Å². The predicted molar refractivity (Wildman–Crippen MR) is 63.6 cm³/mol. The summed E-state index contributed by atoms with van der Waals surface area (Å²) in [6.07, 6.45) is 3.59. The lowest BCUT2D eigenvalue weighted by Gasteiger charge is -2.07. The van der Waals surface area contributed by atoms with Crippen molar-refractivity contribution in [3.8, 4) is 0 Å². The number of esters is 1. The molecule has 0 aliphatic heterocycles. The van der Waals surface area contributed by atoms with E-state index in [4.69, 9.17) is 4.74 Å². The fraction of sp³-hybridized carbons (Fsp3) is 0.462. The molecule has 3 heteroatoms. The summed E-state index contributed by atoms with van der Waals surface area (Å²) in [5.41, 5.74) is 3.87. The summed E-state index contributed by atoms with van der Waals surface area (Å²) in [5.74, 6) is -0.206. The Morgan fingerprint density at radius 1 is 1.38 bits per heavy atom. The quantitative estimate of drug-likeness (QED) is 0.788. The Hall–Kier alpha value is -1.51. The van der Waals surface area contributed by atoms with E-state index in [1.807, 2.05) is 13.0 Å². The molecule has 0 spiro atoms. The molecule has 1 aromatic rings. The molecule has 0 bridgehead atoms. The third kappa shape index (κ3) is 2.54. The SMILES string of the molecule is CCOC(=O)CNc1ccc2c(c1)CCC2. The zero-order valence-corrected chi connectivity index (χ0v) is 9.58. The second-order valence-electron chi connectivity index (χ2n) is 4.00. The van der Waals surface area contributed by atoms with E-state index in [9.17, 15) is 4.79 Å². The number of carbonyl (C=O) groups is 1. The molecule has 0 unspecified atom stereocenters. The molecule has 0 radical (unpaired) electrons. The van der Waals surface area contributed by atoms with E-state index in [1.165, 1.54) is 24.0 Å². The maximum Gasteiger partial charge on any atom is 0.325 e. The smallest absolute Gasteiger partial charge is 0.325 e. The molecule has 1 aliphatic rings. The van der Waals surface area contributed by atoms with Crippen molar-refractivity contribution in [3.63, 3.8) is 0 Å². The predicted octanol–water partition coefficient (Wildman–Crippen LogP) is 2.15. The number of hydrogen-bond donors (Lipinski definition) is 1. The standard InChI is InChI=1S/C13H17NO2/c1-2-16-13(15)9-14-12-7-6-10-4-3-5-11(10)8-12/h6-8,14H,2-5,9H2,1H3. The largest absolute Gasteiger partial charge is 0.465 e. The molecule has 0 heterocycles. The van der Waals surface area contributed by atoms with Crippen LogP contribution in [0.2, 0.25) is 0 Å². The van der Waals surface area contributed by atoms with Crippen LogP contribution in [0, 0.1) is 0 Å². The van der Waals surface area contributed by atoms with Gasteiger partial charge in [-0.25, -0.2) is 0 Å². The van der Waals surface area contributed by atoms with E-state index in [1.54, 1.807) is 0 Å². The van der Waals surface area contributed by atoms with Crippen LogP contribution in [0.1, 0.15) is 24.5 Å². The lowest BCUT2D eigenvalue weighted by molar-refractivity contribution is -0.140. The summed E-state index contributed by atoms with van der Waals surface area (Å²) < 4.78 is 4.85. The number of fused-ring (bicyclic) bond motifs is 1. The molecule has 0 aromatic heterocycles. The number of hydrogen-bond acceptors (Lipinski definition) is 3. The lowest BCUT2D eigenvalue weighted by atomic mass is 10.1. The molecule has 2 rings (SSSR count). The van der Waals surface area contributed by atoms with Crippen molar-refractivity contribution >= 4 is 11.7 Å². The maximum atomic E-state index is 11.2. The average Bonchev–Trinajstić information content (AvgIpc) is 2.74. The highest BCUT2D eigenvalue weighted by atomic mass is 16.5. The highest BCUT2D eigenvalue weighted by Gasteiger charge is 2.10. The van der Waals surface area contributed by atoms with Gasteiger partial charge in [0.1, 0.15) is 6.54 Å². The maximum absolute atomic E-state index is 11.2. The van der Waals surface area contributed by atoms with E-state index in [0.29, 0.717) is 6.61 Å². The van der Waals surface area contributed by atoms with Crippen molar-refractivity contribution in [2.75, 3.05) is 18.5 Å². The third-order valence-electron chi connectivity index (χ3n) is 2.84. The minimum Gasteiger partial charge on any atom is -0.465 e. The molecular formula is C13H17NO2. The van der Waals surface area contributed by atoms with Gasteiger partial charge in [-0.15, -0.1) is 0 Å². The zero-order chi connectivity index (χ0) is 11.4. The van der Waals surface area contributed by atoms with Crippen LogP contribution in [0.25, 0.3) is 0 Å². The van der Waals surface area contributed by atoms with Gasteiger partial charge in [0.15, 0.2) is 0 Å². The number of ether oxygens (including phenoxy) is 1. The van der Waals surface area contributed by atoms with Crippen LogP contribution >= 0.6 is 0 Å². The minimum atomic E-state index is -0.206. The molecule has 86 valence electrons. The second kappa shape index (κ2) is 5.01. The molecule has 16 heavy (non-hydrogen) atoms. The van der Waals surface area contributed by atoms with Gasteiger partial charge in [-0.2, -0.15) is 0 Å². The summed E-state index contributed by atoms with van der Waals surface area (Å²) in [4.78, 5) is 11.2. The molecule has 3 nitrogen and oxygen atoms in total. The van der Waals surface area contributed by atoms with Gasteiger partial charge in [-0.05, 0) is 49.4 Å². The first-order valence-corrected chi connectivity index (χ1v) is 5.81. The number of anilines is 1. The Bertz CT molecular complexity index is 388. The fourth-order valence-corrected chi connectivity index (χ4v) is 2.07. The van der Waals surface area contributed by atoms with Gasteiger partial charge in [0.25, 0.3) is 0 Å². The van der Waals surface area contributed by atoms with E-state index >= 15 is 0 Å². The molecular weight excluding hydrogens is 202 g/mol. The topological polar surface area (TPSA) is 38.3 Å². The molecule has 0 atom stereocenters. The van der Waals surface area contributed by atoms with E-state index < -0.39 is 0 Å². The Labute approximate surface area is 95.8 Å². The molecule has 0 amide bonds. The van der Waals surface area contributed by atoms with Gasteiger partial charge in [-0.3, -0.25) is 4.79 Å². The molecule has 1 N–H and O–H groups in total. The van der Waals surface area contributed by atoms with Crippen molar-refractivity contribution in [1.82, 2.24) is 0 Å². The van der Waals surface area contributed by atoms with Crippen LogP contribution in [0.3, 0.4) is 0 Å². The number of aryl methyl sites for hydroxylation is 2. The number of benzene rings is 1. The van der Waals surface area contributed by atoms with E-state index in [-0.39, 0.29) is 12.5 Å². The Morgan fingerprint density at radius 3 is 3.00 bits per heavy atom. The second-order valence-corrected chi connectivity index (χ2v) is 4.00. The van der Waals surface area contributed by atoms with E-state index in [2.05, 4.69) is 17.4 Å². The van der Waals surface area contributed by atoms with Gasteiger partial charge in [0.05, 0.1) is 6.61 Å². The monoisotopic (exact) mass is 219 g/mol. The molecule has 1 aromatic carbocycles. The van der Waals surface area contributed by atoms with E-state index in [0.717, 1.165) is 12.1 Å². The summed E-state index contributed by atoms with van der Waals surface area (Å²) in [6, 6.07) is 6.32. The van der Waals surface area contributed by atoms with Gasteiger partial charge in [0.2, 0.25) is 0 Å². The van der Waals surface area contributed by atoms with Gasteiger partial charge < -0.3 is 10.1 Å². The Kier molecular flexibility index (Phi) is 3.44. The molecule has 1 aliphatic carbocycles. The number of rotatable bonds is 4. The van der Waals surface area contributed by atoms with Gasteiger partial charge in [0, 0.05) is 5.69 Å². The summed E-state index contributed by atoms with van der Waals surface area (Å²) in [7, 11) is 0. The van der Waals surface area contributed by atoms with Crippen molar-refractivity contribution in [2.45, 2.75) is 26.2 Å². The number of carbonyl (C=O) groups excluding carboxylic acids is 1. The first-order valence-electron chi connectivity index (χ1n) is 5.81. The van der Waals surface area contributed by atoms with Crippen molar-refractivity contribution in [2.24, 2.45) is 0 Å². The summed E-state index contributed by atoms with van der Waals surface area (Å²) >= 11 is 0. The van der Waals surface area contributed by atoms with Crippen LogP contribution in [-0.4, -0.2) is 19.1 Å². The zero-order valence-electron chi connectivity index (χ0n) is 9.58. The minimum absolute atomic E-state index is 0.206. The summed E-state index contributed by atoms with van der Waals surface area (Å²) in [6.45, 7) is 2.49. The molecule has 0 fully saturated rings. The highest BCUT2D eigenvalue weighted by Crippen LogP contribution is 2.24. The average molecular weight is 219 g/mol. The van der Waals surface area contributed by atoms with Gasteiger partial charge in [-0.1, -0.05) is 6.07 Å². The normalized spacial score (nSPS) is 13.3. The van der Waals surface area contributed by atoms with Crippen LogP contribution in [0.4, 0.5) is 5.69 Å². The molecule has 0 saturated carbocycles. The molecule has 0 saturated heterocycles. The Balaban J connectivity index is 1.93. The first-order chi connectivity index (χ1) is 7.79. The lowest BCUT2D eigenvalue weighted by Crippen LogP contribution is -2.16. The van der Waals surface area contributed by atoms with Crippen LogP contribution in [0.5, 0.6) is 0 Å². The van der Waals surface area contributed by atoms with Crippen LogP contribution in [-0.2, 0) is 22.4 Å². The van der Waals surface area contributed by atoms with Crippen molar-refractivity contribution < 1.29 is 9.53 Å². The fourth-order valence-electron chi connectivity index (χ4n) is 2.07. The highest BCUT2D eigenvalue weighted by molar-refractivity contribution is 5.75. The summed E-state index contributed by atoms with van der Waals surface area (Å²) in [5, 5.41) is 3.08. The first kappa shape index (κ1) is 11.0. The Morgan fingerprint density at radius 2 is 2.19 bits per heavy atom. The third-order valence-corrected chi connectivity index (χ3v) is 2.84. The number of nitrogens with one attached hydrogen (secondary N) is 1. The van der Waals surface area contributed by atoms with Crippen molar-refractivity contribution in [3.05, 3.63) is 29.3 Å².